The first-order valence-corrected chi connectivity index (χ1v) is 13.1. The fourth-order valence-corrected chi connectivity index (χ4v) is 4.42. The van der Waals surface area contributed by atoms with Gasteiger partial charge in [-0.3, -0.25) is 24.2 Å². The zero-order valence-corrected chi connectivity index (χ0v) is 23.4. The van der Waals surface area contributed by atoms with Crippen LogP contribution in [0.4, 0.5) is 0 Å². The molecule has 13 nitrogen and oxygen atoms in total. The van der Waals surface area contributed by atoms with Crippen molar-refractivity contribution in [3.8, 4) is 0 Å². The molecule has 0 saturated carbocycles. The monoisotopic (exact) mass is 567 g/mol. The Morgan fingerprint density at radius 1 is 1.12 bits per heavy atom. The summed E-state index contributed by atoms with van der Waals surface area (Å²) in [5.41, 5.74) is -1.14. The van der Waals surface area contributed by atoms with E-state index in [0.717, 1.165) is 12.7 Å². The van der Waals surface area contributed by atoms with Crippen molar-refractivity contribution in [2.75, 3.05) is 14.2 Å². The minimum absolute atomic E-state index is 0.0160. The zero-order chi connectivity index (χ0) is 30.0. The van der Waals surface area contributed by atoms with Crippen molar-refractivity contribution >= 4 is 36.8 Å². The van der Waals surface area contributed by atoms with Gasteiger partial charge < -0.3 is 30.0 Å². The number of nitrogens with zero attached hydrogens (tertiary/aromatic N) is 2. The largest absolute Gasteiger partial charge is 0.552 e. The van der Waals surface area contributed by atoms with Crippen LogP contribution in [-0.4, -0.2) is 78.5 Å². The summed E-state index contributed by atoms with van der Waals surface area (Å²) in [6.07, 6.45) is 3.44. The Morgan fingerprint density at radius 3 is 2.46 bits per heavy atom. The van der Waals surface area contributed by atoms with Gasteiger partial charge in [-0.2, -0.15) is 0 Å². The minimum Gasteiger partial charge on any atom is -0.508 e. The summed E-state index contributed by atoms with van der Waals surface area (Å²) in [5, 5.41) is 7.94. The second-order valence-corrected chi connectivity index (χ2v) is 10.0. The third-order valence-corrected chi connectivity index (χ3v) is 6.38. The maximum absolute atomic E-state index is 13.7. The normalized spacial score (nSPS) is 18.1. The molecule has 1 fully saturated rings. The lowest BCUT2D eigenvalue weighted by Gasteiger charge is -2.39. The van der Waals surface area contributed by atoms with E-state index in [4.69, 9.17) is 14.0 Å². The maximum Gasteiger partial charge on any atom is 0.552 e. The van der Waals surface area contributed by atoms with Gasteiger partial charge in [0.25, 0.3) is 11.9 Å². The lowest BCUT2D eigenvalue weighted by atomic mass is 9.70. The lowest BCUT2D eigenvalue weighted by molar-refractivity contribution is -0.175. The number of carbonyl (C=O) groups is 5. The second kappa shape index (κ2) is 14.3. The van der Waals surface area contributed by atoms with Gasteiger partial charge in [0.05, 0.1) is 32.1 Å². The van der Waals surface area contributed by atoms with Crippen LogP contribution in [0.3, 0.4) is 0 Å². The van der Waals surface area contributed by atoms with Gasteiger partial charge >= 0.3 is 13.1 Å². The Balaban J connectivity index is 1.89. The quantitative estimate of drug-likeness (QED) is 0.240. The number of aromatic nitrogens is 2. The number of nitrogens with one attached hydrogen (secondary N) is 3. The van der Waals surface area contributed by atoms with Crippen LogP contribution in [0.15, 0.2) is 48.9 Å². The first-order valence-electron chi connectivity index (χ1n) is 13.1. The Morgan fingerprint density at radius 2 is 1.85 bits per heavy atom. The van der Waals surface area contributed by atoms with Crippen LogP contribution in [0.5, 0.6) is 0 Å². The summed E-state index contributed by atoms with van der Waals surface area (Å²) in [6.45, 7) is 3.78. The maximum atomic E-state index is 13.7. The molecule has 1 aliphatic rings. The summed E-state index contributed by atoms with van der Waals surface area (Å²) < 4.78 is 16.3. The van der Waals surface area contributed by atoms with Crippen molar-refractivity contribution in [1.29, 1.82) is 0 Å². The van der Waals surface area contributed by atoms with Gasteiger partial charge in [-0.25, -0.2) is 9.78 Å². The number of hydrogen-bond acceptors (Lipinski definition) is 10. The van der Waals surface area contributed by atoms with Crippen LogP contribution in [-0.2, 0) is 39.6 Å². The van der Waals surface area contributed by atoms with Crippen LogP contribution in [0.2, 0.25) is 0 Å². The van der Waals surface area contributed by atoms with E-state index in [-0.39, 0.29) is 24.5 Å². The topological polar surface area (TPSA) is 175 Å². The van der Waals surface area contributed by atoms with Crippen LogP contribution >= 0.6 is 0 Å². The first kappa shape index (κ1) is 31.2. The smallest absolute Gasteiger partial charge is 0.508 e. The molecule has 0 unspecified atom stereocenters. The van der Waals surface area contributed by atoms with Crippen LogP contribution in [0, 0.1) is 5.92 Å². The van der Waals surface area contributed by atoms with Gasteiger partial charge in [-0.1, -0.05) is 44.2 Å². The van der Waals surface area contributed by atoms with E-state index in [2.05, 4.69) is 25.9 Å². The number of esters is 1. The van der Waals surface area contributed by atoms with Gasteiger partial charge in [-0.05, 0) is 17.9 Å². The highest BCUT2D eigenvalue weighted by molar-refractivity contribution is 6.50. The number of rotatable bonds is 12. The van der Waals surface area contributed by atoms with Crippen molar-refractivity contribution in [3.63, 3.8) is 0 Å². The van der Waals surface area contributed by atoms with E-state index in [1.54, 1.807) is 0 Å². The number of carbonyl (C=O) groups excluding carboxylic acids is 5. The van der Waals surface area contributed by atoms with Gasteiger partial charge in [0, 0.05) is 25.9 Å². The van der Waals surface area contributed by atoms with Crippen molar-refractivity contribution < 1.29 is 38.0 Å². The second-order valence-electron chi connectivity index (χ2n) is 10.0. The molecule has 2 heterocycles. The fraction of sp³-hybridized carbons (Fsp3) is 0.444. The molecule has 41 heavy (non-hydrogen) atoms. The SMILES string of the molecule is CNC(=O)C[C@]1(C(=O)OC)CC(=O)OB([C@H](CC(C)C)NC(=O)[C@H](Cc2ccccc2)NC(=O)c2cnccn2)O1. The first-order chi connectivity index (χ1) is 19.6. The van der Waals surface area contributed by atoms with Gasteiger partial charge in [-0.15, -0.1) is 0 Å². The van der Waals surface area contributed by atoms with Crippen molar-refractivity contribution in [1.82, 2.24) is 25.9 Å². The zero-order valence-electron chi connectivity index (χ0n) is 23.4. The highest BCUT2D eigenvalue weighted by atomic mass is 16.7. The summed E-state index contributed by atoms with van der Waals surface area (Å²) in [7, 11) is 1.09. The number of methoxy groups -OCH3 is 1. The molecule has 2 aromatic rings. The number of benzene rings is 1. The molecule has 14 heteroatoms. The lowest BCUT2D eigenvalue weighted by Crippen LogP contribution is -2.63. The third kappa shape index (κ3) is 8.58. The summed E-state index contributed by atoms with van der Waals surface area (Å²) in [4.78, 5) is 72.2. The van der Waals surface area contributed by atoms with E-state index in [9.17, 15) is 24.0 Å². The van der Waals surface area contributed by atoms with Gasteiger partial charge in [0.15, 0.2) is 5.60 Å². The van der Waals surface area contributed by atoms with Gasteiger partial charge in [0.2, 0.25) is 11.8 Å². The molecule has 3 rings (SSSR count). The average Bonchev–Trinajstić information content (AvgIpc) is 2.96. The highest BCUT2D eigenvalue weighted by Crippen LogP contribution is 2.31. The molecule has 1 saturated heterocycles. The fourth-order valence-electron chi connectivity index (χ4n) is 4.42. The minimum atomic E-state index is -1.95. The van der Waals surface area contributed by atoms with E-state index in [1.807, 2.05) is 44.2 Å². The molecule has 0 spiro atoms. The average molecular weight is 567 g/mol. The molecule has 3 N–H and O–H groups in total. The molecule has 0 aliphatic carbocycles. The molecule has 218 valence electrons. The van der Waals surface area contributed by atoms with Crippen LogP contribution < -0.4 is 16.0 Å². The van der Waals surface area contributed by atoms with Crippen LogP contribution in [0.25, 0.3) is 0 Å². The predicted molar refractivity (Wildman–Crippen MR) is 146 cm³/mol. The van der Waals surface area contributed by atoms with Gasteiger partial charge in [0.1, 0.15) is 11.7 Å². The molecule has 1 aromatic heterocycles. The summed E-state index contributed by atoms with van der Waals surface area (Å²) >= 11 is 0. The standard InChI is InChI=1S/C27H34BN5O8/c1-17(2)12-21(28-40-23(35)15-27(41-28,26(38)39-4)14-22(34)29-3)33-24(36)19(13-18-8-6-5-7-9-18)32-25(37)20-16-30-10-11-31-20/h5-11,16-17,19,21H,12-15H2,1-4H3,(H,29,34)(H,32,37)(H,33,36)/t19-,21-,27+/m0/s1. The molecule has 0 bridgehead atoms. The van der Waals surface area contributed by atoms with Crippen molar-refractivity contribution in [2.24, 2.45) is 5.92 Å². The summed E-state index contributed by atoms with van der Waals surface area (Å²) in [5.74, 6) is -4.42. The molecule has 3 amide bonds. The Labute approximate surface area is 238 Å². The molecule has 3 atom stereocenters. The number of hydrogen-bond donors (Lipinski definition) is 3. The molecular weight excluding hydrogens is 533 g/mol. The molecule has 1 aliphatic heterocycles. The molecule has 1 aromatic carbocycles. The Hall–Kier alpha value is -4.33. The van der Waals surface area contributed by atoms with E-state index < -0.39 is 67.2 Å². The van der Waals surface area contributed by atoms with E-state index in [1.165, 1.54) is 25.6 Å². The third-order valence-electron chi connectivity index (χ3n) is 6.38. The molecule has 0 radical (unpaired) electrons. The highest BCUT2D eigenvalue weighted by Gasteiger charge is 2.55. The molecular formula is C27H34BN5O8. The Kier molecular flexibility index (Phi) is 10.9. The van der Waals surface area contributed by atoms with E-state index in [0.29, 0.717) is 0 Å². The number of amides is 3. The summed E-state index contributed by atoms with van der Waals surface area (Å²) in [6, 6.07) is 8.02. The van der Waals surface area contributed by atoms with Crippen molar-refractivity contribution in [3.05, 3.63) is 60.2 Å². The van der Waals surface area contributed by atoms with Crippen LogP contribution in [0.1, 0.15) is 49.2 Å². The predicted octanol–water partition coefficient (Wildman–Crippen LogP) is 0.387. The Bertz CT molecular complexity index is 1230. The number of ether oxygens (including phenoxy) is 1. The van der Waals surface area contributed by atoms with Crippen molar-refractivity contribution in [2.45, 2.75) is 57.1 Å². The van der Waals surface area contributed by atoms with E-state index >= 15 is 0 Å².